The zero-order chi connectivity index (χ0) is 12.1. The third-order valence-corrected chi connectivity index (χ3v) is 2.87. The number of hydrogen-bond donors (Lipinski definition) is 1. The lowest BCUT2D eigenvalue weighted by Crippen LogP contribution is -1.95. The molecule has 88 valence electrons. The van der Waals surface area contributed by atoms with Crippen LogP contribution in [0.2, 0.25) is 0 Å². The van der Waals surface area contributed by atoms with Gasteiger partial charge in [-0.15, -0.1) is 0 Å². The fourth-order valence-electron chi connectivity index (χ4n) is 2.03. The van der Waals surface area contributed by atoms with Gasteiger partial charge >= 0.3 is 0 Å². The first-order valence-corrected chi connectivity index (χ1v) is 5.42. The van der Waals surface area contributed by atoms with E-state index in [1.54, 1.807) is 6.20 Å². The number of nitrogens with two attached hydrogens (primary N) is 1. The van der Waals surface area contributed by atoms with Gasteiger partial charge in [0.1, 0.15) is 0 Å². The monoisotopic (exact) mass is 240 g/mol. The molecule has 1 aliphatic heterocycles. The first-order valence-electron chi connectivity index (χ1n) is 5.42. The Morgan fingerprint density at radius 1 is 1.00 bits per heavy atom. The molecule has 1 aliphatic rings. The quantitative estimate of drug-likeness (QED) is 0.599. The van der Waals surface area contributed by atoms with E-state index in [9.17, 15) is 0 Å². The summed E-state index contributed by atoms with van der Waals surface area (Å²) in [6.45, 7) is 0.248. The number of nitrogens with zero attached hydrogens (tertiary/aromatic N) is 3. The maximum absolute atomic E-state index is 5.55. The Kier molecular flexibility index (Phi) is 1.67. The van der Waals surface area contributed by atoms with Gasteiger partial charge in [-0.1, -0.05) is 0 Å². The third-order valence-electron chi connectivity index (χ3n) is 2.87. The van der Waals surface area contributed by atoms with Gasteiger partial charge in [-0.2, -0.15) is 4.98 Å². The molecule has 3 aromatic rings. The van der Waals surface area contributed by atoms with Crippen LogP contribution in [0.1, 0.15) is 0 Å². The van der Waals surface area contributed by atoms with E-state index in [2.05, 4.69) is 15.0 Å². The van der Waals surface area contributed by atoms with Gasteiger partial charge in [0.2, 0.25) is 12.7 Å². The minimum atomic E-state index is 0.218. The minimum Gasteiger partial charge on any atom is -0.454 e. The summed E-state index contributed by atoms with van der Waals surface area (Å²) >= 11 is 0. The molecule has 3 heterocycles. The first kappa shape index (κ1) is 9.41. The second-order valence-corrected chi connectivity index (χ2v) is 4.03. The molecule has 0 unspecified atom stereocenters. The molecule has 0 fully saturated rings. The van der Waals surface area contributed by atoms with Gasteiger partial charge in [-0.05, 0) is 12.1 Å². The summed E-state index contributed by atoms with van der Waals surface area (Å²) in [6.07, 6.45) is 1.66. The third kappa shape index (κ3) is 1.26. The van der Waals surface area contributed by atoms with E-state index in [0.717, 1.165) is 22.0 Å². The van der Waals surface area contributed by atoms with Crippen molar-refractivity contribution in [2.75, 3.05) is 12.5 Å². The fourth-order valence-corrected chi connectivity index (χ4v) is 2.03. The molecule has 0 amide bonds. The molecule has 2 N–H and O–H groups in total. The summed E-state index contributed by atoms with van der Waals surface area (Å²) in [4.78, 5) is 12.5. The van der Waals surface area contributed by atoms with Crippen LogP contribution in [0.15, 0.2) is 24.4 Å². The second-order valence-electron chi connectivity index (χ2n) is 4.03. The molecular weight excluding hydrogens is 232 g/mol. The molecule has 0 spiro atoms. The smallest absolute Gasteiger partial charge is 0.231 e. The number of pyridine rings is 1. The van der Waals surface area contributed by atoms with Crippen molar-refractivity contribution in [1.29, 1.82) is 0 Å². The predicted molar refractivity (Wildman–Crippen MR) is 65.4 cm³/mol. The van der Waals surface area contributed by atoms with E-state index >= 15 is 0 Å². The average molecular weight is 240 g/mol. The van der Waals surface area contributed by atoms with Crippen molar-refractivity contribution < 1.29 is 9.47 Å². The predicted octanol–water partition coefficient (Wildman–Crippen LogP) is 1.49. The number of ether oxygens (including phenoxy) is 2. The summed E-state index contributed by atoms with van der Waals surface area (Å²) < 4.78 is 10.7. The largest absolute Gasteiger partial charge is 0.454 e. The van der Waals surface area contributed by atoms with E-state index in [1.165, 1.54) is 0 Å². The standard InChI is InChI=1S/C12H8N4O2/c13-12-14-4-7-1-6-2-9-10(18-5-17-9)3-8(6)15-11(7)16-12/h1-4H,5H2,(H2,13,14,15,16). The Labute approximate surface area is 101 Å². The average Bonchev–Trinajstić information content (AvgIpc) is 2.80. The molecule has 0 atom stereocenters. The van der Waals surface area contributed by atoms with Gasteiger partial charge in [0.25, 0.3) is 0 Å². The van der Waals surface area contributed by atoms with Crippen LogP contribution in [-0.4, -0.2) is 21.7 Å². The van der Waals surface area contributed by atoms with Crippen molar-refractivity contribution >= 4 is 27.9 Å². The summed E-state index contributed by atoms with van der Waals surface area (Å²) in [5.41, 5.74) is 6.93. The van der Waals surface area contributed by atoms with Crippen LogP contribution < -0.4 is 15.2 Å². The summed E-state index contributed by atoms with van der Waals surface area (Å²) in [6, 6.07) is 5.70. The van der Waals surface area contributed by atoms with Crippen LogP contribution in [0.4, 0.5) is 5.95 Å². The Hall–Kier alpha value is -2.63. The summed E-state index contributed by atoms with van der Waals surface area (Å²) in [5.74, 6) is 1.66. The van der Waals surface area contributed by atoms with Crippen LogP contribution >= 0.6 is 0 Å². The van der Waals surface area contributed by atoms with Gasteiger partial charge < -0.3 is 15.2 Å². The molecule has 6 heteroatoms. The highest BCUT2D eigenvalue weighted by Gasteiger charge is 2.15. The SMILES string of the molecule is Nc1ncc2cc3cc4c(cc3nc2n1)OCO4. The Balaban J connectivity index is 2.09. The Bertz CT molecular complexity index is 788. The minimum absolute atomic E-state index is 0.218. The maximum atomic E-state index is 5.55. The van der Waals surface area contributed by atoms with Crippen molar-refractivity contribution in [3.8, 4) is 11.5 Å². The lowest BCUT2D eigenvalue weighted by molar-refractivity contribution is 0.174. The van der Waals surface area contributed by atoms with Crippen LogP contribution in [0.5, 0.6) is 11.5 Å². The number of nitrogen functional groups attached to an aromatic ring is 1. The highest BCUT2D eigenvalue weighted by molar-refractivity contribution is 5.92. The van der Waals surface area contributed by atoms with E-state index in [-0.39, 0.29) is 12.7 Å². The zero-order valence-electron chi connectivity index (χ0n) is 9.25. The molecule has 6 nitrogen and oxygen atoms in total. The number of rotatable bonds is 0. The van der Waals surface area contributed by atoms with Crippen molar-refractivity contribution in [3.63, 3.8) is 0 Å². The molecule has 0 radical (unpaired) electrons. The topological polar surface area (TPSA) is 83.2 Å². The first-order chi connectivity index (χ1) is 8.79. The highest BCUT2D eigenvalue weighted by atomic mass is 16.7. The molecule has 0 aliphatic carbocycles. The van der Waals surface area contributed by atoms with Crippen molar-refractivity contribution in [1.82, 2.24) is 15.0 Å². The van der Waals surface area contributed by atoms with Gasteiger partial charge in [-0.25, -0.2) is 9.97 Å². The number of fused-ring (bicyclic) bond motifs is 3. The molecule has 4 rings (SSSR count). The van der Waals surface area contributed by atoms with Gasteiger partial charge in [-0.3, -0.25) is 0 Å². The van der Waals surface area contributed by atoms with Crippen LogP contribution in [0.25, 0.3) is 21.9 Å². The second kappa shape index (κ2) is 3.19. The van der Waals surface area contributed by atoms with Gasteiger partial charge in [0.05, 0.1) is 5.52 Å². The zero-order valence-corrected chi connectivity index (χ0v) is 9.25. The molecular formula is C12H8N4O2. The van der Waals surface area contributed by atoms with Crippen molar-refractivity contribution in [2.24, 2.45) is 0 Å². The van der Waals surface area contributed by atoms with Gasteiger partial charge in [0.15, 0.2) is 17.1 Å². The maximum Gasteiger partial charge on any atom is 0.231 e. The van der Waals surface area contributed by atoms with Crippen molar-refractivity contribution in [2.45, 2.75) is 0 Å². The van der Waals surface area contributed by atoms with Crippen LogP contribution in [0, 0.1) is 0 Å². The molecule has 0 saturated carbocycles. The Morgan fingerprint density at radius 3 is 2.72 bits per heavy atom. The summed E-state index contributed by atoms with van der Waals surface area (Å²) in [5, 5.41) is 1.80. The molecule has 0 bridgehead atoms. The highest BCUT2D eigenvalue weighted by Crippen LogP contribution is 2.36. The number of anilines is 1. The molecule has 0 saturated heterocycles. The van der Waals surface area contributed by atoms with E-state index in [0.29, 0.717) is 11.4 Å². The number of hydrogen-bond acceptors (Lipinski definition) is 6. The van der Waals surface area contributed by atoms with E-state index < -0.39 is 0 Å². The lowest BCUT2D eigenvalue weighted by atomic mass is 10.1. The fraction of sp³-hybridized carbons (Fsp3) is 0.0833. The number of benzene rings is 1. The van der Waals surface area contributed by atoms with E-state index in [1.807, 2.05) is 18.2 Å². The molecule has 2 aromatic heterocycles. The van der Waals surface area contributed by atoms with Crippen LogP contribution in [0.3, 0.4) is 0 Å². The number of aromatic nitrogens is 3. The molecule has 1 aromatic carbocycles. The Morgan fingerprint density at radius 2 is 1.83 bits per heavy atom. The van der Waals surface area contributed by atoms with Crippen LogP contribution in [-0.2, 0) is 0 Å². The van der Waals surface area contributed by atoms with Crippen molar-refractivity contribution in [3.05, 3.63) is 24.4 Å². The van der Waals surface area contributed by atoms with E-state index in [4.69, 9.17) is 15.2 Å². The lowest BCUT2D eigenvalue weighted by Gasteiger charge is -2.03. The summed E-state index contributed by atoms with van der Waals surface area (Å²) in [7, 11) is 0. The van der Waals surface area contributed by atoms with Gasteiger partial charge in [0, 0.05) is 23.0 Å². The molecule has 18 heavy (non-hydrogen) atoms. The normalized spacial score (nSPS) is 13.3.